The molecule has 0 aromatic carbocycles. The maximum atomic E-state index is 11.9. The number of carbonyl (C=O) groups excluding carboxylic acids is 1. The average Bonchev–Trinajstić information content (AvgIpc) is 2.91. The van der Waals surface area contributed by atoms with E-state index in [1.54, 1.807) is 6.08 Å². The number of rotatable bonds is 3. The fourth-order valence-corrected chi connectivity index (χ4v) is 6.79. The van der Waals surface area contributed by atoms with Crippen molar-refractivity contribution in [2.45, 2.75) is 71.8 Å². The summed E-state index contributed by atoms with van der Waals surface area (Å²) in [5.41, 5.74) is 1.14. The topological polar surface area (TPSA) is 46.5 Å². The van der Waals surface area contributed by atoms with Crippen molar-refractivity contribution < 1.29 is 14.6 Å². The molecule has 6 atom stereocenters. The van der Waals surface area contributed by atoms with Crippen LogP contribution < -0.4 is 0 Å². The molecular formula is C22H32O3. The molecule has 4 aliphatic carbocycles. The lowest BCUT2D eigenvalue weighted by atomic mass is 9.48. The van der Waals surface area contributed by atoms with E-state index in [1.807, 2.05) is 0 Å². The van der Waals surface area contributed by atoms with Crippen molar-refractivity contribution in [3.63, 3.8) is 0 Å². The predicted molar refractivity (Wildman–Crippen MR) is 98.2 cm³/mol. The molecule has 0 aliphatic heterocycles. The molecule has 0 saturated heterocycles. The molecule has 3 saturated carbocycles. The van der Waals surface area contributed by atoms with Gasteiger partial charge in [-0.05, 0) is 81.1 Å². The third kappa shape index (κ3) is 2.38. The van der Waals surface area contributed by atoms with Crippen LogP contribution >= 0.6 is 0 Å². The first-order valence-corrected chi connectivity index (χ1v) is 10.2. The molecule has 4 aliphatic rings. The second kappa shape index (κ2) is 5.97. The van der Waals surface area contributed by atoms with Crippen molar-refractivity contribution in [2.75, 3.05) is 6.61 Å². The molecule has 1 N–H and O–H groups in total. The van der Waals surface area contributed by atoms with Crippen molar-refractivity contribution in [3.05, 3.63) is 23.5 Å². The van der Waals surface area contributed by atoms with Crippen molar-refractivity contribution in [1.29, 1.82) is 0 Å². The molecule has 138 valence electrons. The SMILES string of the molecule is CCCO[C@@H]1CC[C@H]2[C@@H]3CCC4=CC(=O)C=C(O)[C@]4(C)[C@H]3CC[C@]12C. The Morgan fingerprint density at radius 2 is 1.96 bits per heavy atom. The number of allylic oxidation sites excluding steroid dienone is 3. The average molecular weight is 344 g/mol. The van der Waals surface area contributed by atoms with Gasteiger partial charge in [-0.1, -0.05) is 19.4 Å². The number of ketones is 1. The van der Waals surface area contributed by atoms with Gasteiger partial charge in [0, 0.05) is 18.1 Å². The predicted octanol–water partition coefficient (Wildman–Crippen LogP) is 4.98. The molecule has 0 spiro atoms. The molecule has 3 fully saturated rings. The van der Waals surface area contributed by atoms with Gasteiger partial charge in [0.25, 0.3) is 0 Å². The lowest BCUT2D eigenvalue weighted by molar-refractivity contribution is -0.112. The monoisotopic (exact) mass is 344 g/mol. The third-order valence-corrected chi connectivity index (χ3v) is 8.16. The van der Waals surface area contributed by atoms with Gasteiger partial charge in [0.15, 0.2) is 5.78 Å². The van der Waals surface area contributed by atoms with Crippen LogP contribution in [-0.2, 0) is 9.53 Å². The second-order valence-corrected chi connectivity index (χ2v) is 9.20. The zero-order valence-electron chi connectivity index (χ0n) is 15.9. The molecule has 0 aromatic rings. The van der Waals surface area contributed by atoms with E-state index in [4.69, 9.17) is 4.74 Å². The molecule has 3 heteroatoms. The maximum Gasteiger partial charge on any atom is 0.181 e. The van der Waals surface area contributed by atoms with E-state index < -0.39 is 0 Å². The molecular weight excluding hydrogens is 312 g/mol. The van der Waals surface area contributed by atoms with E-state index in [-0.39, 0.29) is 16.6 Å². The zero-order chi connectivity index (χ0) is 17.8. The molecule has 0 aromatic heterocycles. The van der Waals surface area contributed by atoms with Gasteiger partial charge >= 0.3 is 0 Å². The van der Waals surface area contributed by atoms with Crippen molar-refractivity contribution in [2.24, 2.45) is 28.6 Å². The maximum absolute atomic E-state index is 11.9. The third-order valence-electron chi connectivity index (χ3n) is 8.16. The number of hydrogen-bond donors (Lipinski definition) is 1. The summed E-state index contributed by atoms with van der Waals surface area (Å²) in [7, 11) is 0. The summed E-state index contributed by atoms with van der Waals surface area (Å²) >= 11 is 0. The zero-order valence-corrected chi connectivity index (χ0v) is 15.9. The van der Waals surface area contributed by atoms with Crippen LogP contribution in [0.15, 0.2) is 23.5 Å². The van der Waals surface area contributed by atoms with Crippen LogP contribution in [0.1, 0.15) is 65.7 Å². The number of aliphatic hydroxyl groups excluding tert-OH is 1. The summed E-state index contributed by atoms with van der Waals surface area (Å²) in [6.45, 7) is 7.68. The summed E-state index contributed by atoms with van der Waals surface area (Å²) in [6.07, 6.45) is 11.6. The highest BCUT2D eigenvalue weighted by Crippen LogP contribution is 2.65. The second-order valence-electron chi connectivity index (χ2n) is 9.20. The summed E-state index contributed by atoms with van der Waals surface area (Å²) in [6, 6.07) is 0. The normalized spacial score (nSPS) is 46.0. The molecule has 0 unspecified atom stereocenters. The lowest BCUT2D eigenvalue weighted by Crippen LogP contribution is -2.52. The fraction of sp³-hybridized carbons (Fsp3) is 0.773. The molecule has 25 heavy (non-hydrogen) atoms. The molecule has 0 amide bonds. The number of carbonyl (C=O) groups is 1. The first-order chi connectivity index (χ1) is 11.9. The summed E-state index contributed by atoms with van der Waals surface area (Å²) < 4.78 is 6.25. The van der Waals surface area contributed by atoms with E-state index in [0.29, 0.717) is 29.6 Å². The van der Waals surface area contributed by atoms with Gasteiger partial charge in [-0.25, -0.2) is 0 Å². The first kappa shape index (κ1) is 17.3. The number of fused-ring (bicyclic) bond motifs is 5. The Kier molecular flexibility index (Phi) is 4.14. The van der Waals surface area contributed by atoms with Crippen LogP contribution in [0.4, 0.5) is 0 Å². The van der Waals surface area contributed by atoms with Gasteiger partial charge in [0.05, 0.1) is 6.10 Å². The lowest BCUT2D eigenvalue weighted by Gasteiger charge is -2.57. The highest BCUT2D eigenvalue weighted by atomic mass is 16.5. The van der Waals surface area contributed by atoms with Gasteiger partial charge < -0.3 is 9.84 Å². The summed E-state index contributed by atoms with van der Waals surface area (Å²) in [5, 5.41) is 10.7. The van der Waals surface area contributed by atoms with Gasteiger partial charge in [0.1, 0.15) is 5.76 Å². The highest BCUT2D eigenvalue weighted by molar-refractivity contribution is 6.01. The molecule has 0 bridgehead atoms. The smallest absolute Gasteiger partial charge is 0.181 e. The number of hydrogen-bond acceptors (Lipinski definition) is 3. The highest BCUT2D eigenvalue weighted by Gasteiger charge is 2.60. The summed E-state index contributed by atoms with van der Waals surface area (Å²) in [4.78, 5) is 11.9. The Hall–Kier alpha value is -1.09. The van der Waals surface area contributed by atoms with E-state index >= 15 is 0 Å². The van der Waals surface area contributed by atoms with Gasteiger partial charge in [0.2, 0.25) is 0 Å². The fourth-order valence-electron chi connectivity index (χ4n) is 6.79. The van der Waals surface area contributed by atoms with Crippen molar-refractivity contribution in [1.82, 2.24) is 0 Å². The van der Waals surface area contributed by atoms with E-state index in [1.165, 1.54) is 30.9 Å². The minimum absolute atomic E-state index is 0.0435. The quantitative estimate of drug-likeness (QED) is 0.786. The van der Waals surface area contributed by atoms with Gasteiger partial charge in [-0.3, -0.25) is 4.79 Å². The van der Waals surface area contributed by atoms with Crippen molar-refractivity contribution in [3.8, 4) is 0 Å². The van der Waals surface area contributed by atoms with Gasteiger partial charge in [-0.15, -0.1) is 0 Å². The minimum Gasteiger partial charge on any atom is -0.511 e. The molecule has 0 radical (unpaired) electrons. The number of aliphatic hydroxyl groups is 1. The molecule has 0 heterocycles. The summed E-state index contributed by atoms with van der Waals surface area (Å²) in [5.74, 6) is 2.06. The Morgan fingerprint density at radius 3 is 2.72 bits per heavy atom. The van der Waals surface area contributed by atoms with Crippen LogP contribution in [0.25, 0.3) is 0 Å². The Labute approximate surface area is 151 Å². The number of ether oxygens (including phenoxy) is 1. The van der Waals surface area contributed by atoms with Crippen LogP contribution in [0, 0.1) is 28.6 Å². The first-order valence-electron chi connectivity index (χ1n) is 10.2. The van der Waals surface area contributed by atoms with Crippen LogP contribution in [-0.4, -0.2) is 23.6 Å². The largest absolute Gasteiger partial charge is 0.511 e. The Morgan fingerprint density at radius 1 is 1.16 bits per heavy atom. The van der Waals surface area contributed by atoms with E-state index in [2.05, 4.69) is 20.8 Å². The van der Waals surface area contributed by atoms with Crippen LogP contribution in [0.5, 0.6) is 0 Å². The van der Waals surface area contributed by atoms with Gasteiger partial charge in [-0.2, -0.15) is 0 Å². The molecule has 4 rings (SSSR count). The molecule has 3 nitrogen and oxygen atoms in total. The Balaban J connectivity index is 1.63. The minimum atomic E-state index is -0.319. The Bertz CT molecular complexity index is 633. The van der Waals surface area contributed by atoms with Crippen LogP contribution in [0.2, 0.25) is 0 Å². The van der Waals surface area contributed by atoms with E-state index in [0.717, 1.165) is 32.3 Å². The standard InChI is InChI=1S/C22H32O3/c1-4-11-25-20-8-7-17-16-6-5-14-12-15(23)13-19(24)22(14,3)18(16)9-10-21(17,20)2/h12-13,16-18,20,24H,4-11H2,1-3H3/t16-,17-,18-,20+,21-,22-/m0/s1. The van der Waals surface area contributed by atoms with Crippen LogP contribution in [0.3, 0.4) is 0 Å². The van der Waals surface area contributed by atoms with Crippen molar-refractivity contribution >= 4 is 5.78 Å². The van der Waals surface area contributed by atoms with E-state index in [9.17, 15) is 9.90 Å².